The summed E-state index contributed by atoms with van der Waals surface area (Å²) in [6, 6.07) is 10.3. The van der Waals surface area contributed by atoms with Crippen LogP contribution in [0.1, 0.15) is 77.8 Å². The third-order valence-corrected chi connectivity index (χ3v) is 5.90. The Morgan fingerprint density at radius 1 is 0.962 bits per heavy atom. The minimum Gasteiger partial charge on any atom is -0.294 e. The van der Waals surface area contributed by atoms with Gasteiger partial charge in [-0.2, -0.15) is 4.98 Å². The molecule has 1 saturated carbocycles. The summed E-state index contributed by atoms with van der Waals surface area (Å²) in [7, 11) is 0. The smallest absolute Gasteiger partial charge is 0.252 e. The molecular weight excluding hydrogens is 324 g/mol. The summed E-state index contributed by atoms with van der Waals surface area (Å²) in [4.78, 5) is 21.8. The number of rotatable bonds is 2. The second kappa shape index (κ2) is 6.31. The van der Waals surface area contributed by atoms with Gasteiger partial charge in [-0.1, -0.05) is 49.6 Å². The van der Waals surface area contributed by atoms with Crippen LogP contribution in [-0.4, -0.2) is 25.4 Å². The molecule has 2 heterocycles. The molecule has 5 nitrogen and oxygen atoms in total. The van der Waals surface area contributed by atoms with Crippen LogP contribution in [-0.2, 0) is 6.42 Å². The van der Waals surface area contributed by atoms with E-state index in [-0.39, 0.29) is 11.7 Å². The molecule has 0 saturated heterocycles. The normalized spacial score (nSPS) is 21.1. The summed E-state index contributed by atoms with van der Waals surface area (Å²) >= 11 is 0. The second-order valence-electron chi connectivity index (χ2n) is 7.57. The number of hydrogen-bond acceptors (Lipinski definition) is 4. The topological polar surface area (TPSA) is 60.2 Å². The van der Waals surface area contributed by atoms with Crippen molar-refractivity contribution in [3.63, 3.8) is 0 Å². The van der Waals surface area contributed by atoms with E-state index in [1.165, 1.54) is 24.8 Å². The van der Waals surface area contributed by atoms with Crippen molar-refractivity contribution >= 4 is 11.6 Å². The van der Waals surface area contributed by atoms with Gasteiger partial charge in [0.05, 0.1) is 11.3 Å². The Hall–Kier alpha value is -2.56. The van der Waals surface area contributed by atoms with Crippen molar-refractivity contribution in [2.24, 2.45) is 0 Å². The van der Waals surface area contributed by atoms with E-state index in [0.29, 0.717) is 23.7 Å². The molecule has 132 valence electrons. The molecule has 1 unspecified atom stereocenters. The van der Waals surface area contributed by atoms with Crippen molar-refractivity contribution in [3.8, 4) is 0 Å². The van der Waals surface area contributed by atoms with Gasteiger partial charge in [0.2, 0.25) is 0 Å². The van der Waals surface area contributed by atoms with Gasteiger partial charge in [-0.15, -0.1) is 5.10 Å². The number of hydrogen-bond donors (Lipinski definition) is 0. The zero-order valence-corrected chi connectivity index (χ0v) is 14.8. The molecule has 2 aliphatic carbocycles. The standard InChI is InChI=1S/C21H22N4O/c26-19-12-16(14-7-3-1-4-8-14)11-18-17(19)13-22-21-23-20(24-25(18)21)15-9-5-2-6-10-15/h1,3-4,7-8,13,15-16H,2,5-6,9-12H2. The van der Waals surface area contributed by atoms with E-state index < -0.39 is 0 Å². The number of benzene rings is 1. The molecule has 2 aliphatic rings. The maximum absolute atomic E-state index is 12.7. The minimum atomic E-state index is 0.157. The van der Waals surface area contributed by atoms with Crippen LogP contribution < -0.4 is 0 Å². The van der Waals surface area contributed by atoms with E-state index in [1.807, 2.05) is 22.7 Å². The third kappa shape index (κ3) is 2.62. The molecule has 1 aromatic carbocycles. The zero-order chi connectivity index (χ0) is 17.5. The first kappa shape index (κ1) is 15.7. The summed E-state index contributed by atoms with van der Waals surface area (Å²) in [6.45, 7) is 0. The van der Waals surface area contributed by atoms with Crippen LogP contribution in [0.3, 0.4) is 0 Å². The van der Waals surface area contributed by atoms with Crippen molar-refractivity contribution in [3.05, 3.63) is 59.2 Å². The molecule has 2 aromatic heterocycles. The highest BCUT2D eigenvalue weighted by Gasteiger charge is 2.30. The second-order valence-corrected chi connectivity index (χ2v) is 7.57. The maximum atomic E-state index is 12.7. The fourth-order valence-electron chi connectivity index (χ4n) is 4.46. The van der Waals surface area contributed by atoms with Crippen LogP contribution in [0.4, 0.5) is 0 Å². The Morgan fingerprint density at radius 2 is 1.77 bits per heavy atom. The molecule has 0 radical (unpaired) electrons. The van der Waals surface area contributed by atoms with Crippen LogP contribution >= 0.6 is 0 Å². The minimum absolute atomic E-state index is 0.157. The van der Waals surface area contributed by atoms with Crippen LogP contribution in [0.25, 0.3) is 5.78 Å². The van der Waals surface area contributed by atoms with Crippen molar-refractivity contribution < 1.29 is 4.79 Å². The molecule has 0 amide bonds. The van der Waals surface area contributed by atoms with Gasteiger partial charge >= 0.3 is 0 Å². The number of ketones is 1. The van der Waals surface area contributed by atoms with Crippen LogP contribution in [0.15, 0.2) is 36.5 Å². The first-order chi connectivity index (χ1) is 12.8. The van der Waals surface area contributed by atoms with Gasteiger partial charge in [0, 0.05) is 18.5 Å². The van der Waals surface area contributed by atoms with E-state index in [4.69, 9.17) is 10.1 Å². The lowest BCUT2D eigenvalue weighted by Gasteiger charge is -2.23. The number of carbonyl (C=O) groups excluding carboxylic acids is 1. The van der Waals surface area contributed by atoms with Gasteiger partial charge in [-0.25, -0.2) is 9.50 Å². The zero-order valence-electron chi connectivity index (χ0n) is 14.8. The molecule has 0 N–H and O–H groups in total. The molecule has 1 atom stereocenters. The number of nitrogens with zero attached hydrogens (tertiary/aromatic N) is 4. The Morgan fingerprint density at radius 3 is 2.58 bits per heavy atom. The van der Waals surface area contributed by atoms with Crippen molar-refractivity contribution in [2.75, 3.05) is 0 Å². The molecule has 3 aromatic rings. The van der Waals surface area contributed by atoms with Gasteiger partial charge in [0.25, 0.3) is 5.78 Å². The summed E-state index contributed by atoms with van der Waals surface area (Å²) in [5, 5.41) is 4.80. The molecule has 0 aliphatic heterocycles. The maximum Gasteiger partial charge on any atom is 0.252 e. The van der Waals surface area contributed by atoms with Gasteiger partial charge in [-0.05, 0) is 30.7 Å². The van der Waals surface area contributed by atoms with E-state index >= 15 is 0 Å². The summed E-state index contributed by atoms with van der Waals surface area (Å²) in [5.74, 6) is 2.32. The lowest BCUT2D eigenvalue weighted by Crippen LogP contribution is -2.22. The summed E-state index contributed by atoms with van der Waals surface area (Å²) < 4.78 is 1.84. The SMILES string of the molecule is O=C1CC(c2ccccc2)Cc2c1cnc1nc(C3CCCCC3)nn21. The average Bonchev–Trinajstić information content (AvgIpc) is 3.14. The van der Waals surface area contributed by atoms with E-state index in [2.05, 4.69) is 17.1 Å². The quantitative estimate of drug-likeness (QED) is 0.701. The van der Waals surface area contributed by atoms with Gasteiger partial charge < -0.3 is 0 Å². The van der Waals surface area contributed by atoms with Crippen LogP contribution in [0, 0.1) is 0 Å². The fourth-order valence-corrected chi connectivity index (χ4v) is 4.46. The molecule has 5 rings (SSSR count). The monoisotopic (exact) mass is 346 g/mol. The fraction of sp³-hybridized carbons (Fsp3) is 0.429. The third-order valence-electron chi connectivity index (χ3n) is 5.90. The predicted molar refractivity (Wildman–Crippen MR) is 98.4 cm³/mol. The highest BCUT2D eigenvalue weighted by molar-refractivity contribution is 5.98. The Balaban J connectivity index is 1.56. The highest BCUT2D eigenvalue weighted by Crippen LogP contribution is 2.34. The largest absolute Gasteiger partial charge is 0.294 e. The van der Waals surface area contributed by atoms with Gasteiger partial charge in [-0.3, -0.25) is 4.79 Å². The first-order valence-electron chi connectivity index (χ1n) is 9.62. The number of aromatic nitrogens is 4. The first-order valence-corrected chi connectivity index (χ1v) is 9.62. The van der Waals surface area contributed by atoms with Gasteiger partial charge in [0.15, 0.2) is 11.6 Å². The molecule has 1 fully saturated rings. The highest BCUT2D eigenvalue weighted by atomic mass is 16.1. The molecular formula is C21H22N4O. The average molecular weight is 346 g/mol. The van der Waals surface area contributed by atoms with Gasteiger partial charge in [0.1, 0.15) is 0 Å². The molecule has 0 spiro atoms. The van der Waals surface area contributed by atoms with Crippen molar-refractivity contribution in [1.82, 2.24) is 19.6 Å². The van der Waals surface area contributed by atoms with E-state index in [9.17, 15) is 4.79 Å². The molecule has 0 bridgehead atoms. The molecule has 26 heavy (non-hydrogen) atoms. The Labute approximate surface area is 152 Å². The number of Topliss-reactive ketones (excluding diaryl/α,β-unsaturated/α-hetero) is 1. The Bertz CT molecular complexity index is 957. The predicted octanol–water partition coefficient (Wildman–Crippen LogP) is 4.08. The lowest BCUT2D eigenvalue weighted by molar-refractivity contribution is 0.0962. The summed E-state index contributed by atoms with van der Waals surface area (Å²) in [5.41, 5.74) is 2.89. The van der Waals surface area contributed by atoms with Crippen molar-refractivity contribution in [1.29, 1.82) is 0 Å². The van der Waals surface area contributed by atoms with E-state index in [0.717, 1.165) is 30.8 Å². The number of fused-ring (bicyclic) bond motifs is 3. The van der Waals surface area contributed by atoms with E-state index in [1.54, 1.807) is 6.20 Å². The Kier molecular flexibility index (Phi) is 3.80. The molecule has 5 heteroatoms. The van der Waals surface area contributed by atoms with Crippen LogP contribution in [0.2, 0.25) is 0 Å². The van der Waals surface area contributed by atoms with Crippen LogP contribution in [0.5, 0.6) is 0 Å². The number of carbonyl (C=O) groups is 1. The summed E-state index contributed by atoms with van der Waals surface area (Å²) in [6.07, 6.45) is 9.17. The van der Waals surface area contributed by atoms with Crippen molar-refractivity contribution in [2.45, 2.75) is 56.8 Å². The lowest BCUT2D eigenvalue weighted by atomic mass is 9.82.